The molecule has 1 unspecified atom stereocenters. The summed E-state index contributed by atoms with van der Waals surface area (Å²) in [6.45, 7) is 1.59. The Labute approximate surface area is 172 Å². The minimum absolute atomic E-state index is 0.0641. The number of para-hydroxylation sites is 1. The number of fused-ring (bicyclic) bond motifs is 4. The van der Waals surface area contributed by atoms with Gasteiger partial charge in [-0.3, -0.25) is 14.5 Å². The fraction of sp³-hybridized carbons (Fsp3) is 0.381. The molecule has 9 heteroatoms. The number of nitrogens with two attached hydrogens (primary N) is 1. The molecule has 30 heavy (non-hydrogen) atoms. The number of ether oxygens (including phenoxy) is 2. The first-order valence-corrected chi connectivity index (χ1v) is 9.68. The third kappa shape index (κ3) is 2.33. The zero-order valence-corrected chi connectivity index (χ0v) is 16.5. The highest BCUT2D eigenvalue weighted by molar-refractivity contribution is 6.25. The third-order valence-corrected chi connectivity index (χ3v) is 6.62. The normalized spacial score (nSPS) is 34.0. The van der Waals surface area contributed by atoms with Gasteiger partial charge in [0.25, 0.3) is 0 Å². The summed E-state index contributed by atoms with van der Waals surface area (Å²) >= 11 is 0. The number of aliphatic hydroxyl groups is 1. The maximum atomic E-state index is 13.0. The van der Waals surface area contributed by atoms with Gasteiger partial charge in [-0.15, -0.1) is 0 Å². The number of ketones is 2. The second kappa shape index (κ2) is 6.16. The van der Waals surface area contributed by atoms with E-state index in [2.05, 4.69) is 0 Å². The van der Waals surface area contributed by atoms with Gasteiger partial charge in [-0.25, -0.2) is 4.79 Å². The number of carbonyl (C=O) groups excluding carboxylic acids is 3. The van der Waals surface area contributed by atoms with Crippen LogP contribution >= 0.6 is 0 Å². The molecule has 156 valence electrons. The highest BCUT2D eigenvalue weighted by atomic mass is 16.7. The first-order valence-electron chi connectivity index (χ1n) is 9.68. The van der Waals surface area contributed by atoms with Crippen molar-refractivity contribution in [1.29, 1.82) is 0 Å². The summed E-state index contributed by atoms with van der Waals surface area (Å²) in [4.78, 5) is 41.7. The standard InChI is InChI=1S/C21H21N3O6/c1-10-15(22)18(26)14-12(9-29-20(27)30-11-6-4-3-5-7-11)21(28)19-13(23(19)2)8-24(21)16(14)17(10)25/h3-7,12-13,19,28H,8-9,22H2,1-2H3/t12-,13-,19+,21-,23?/m1/s1. The van der Waals surface area contributed by atoms with Crippen LogP contribution in [0.4, 0.5) is 4.79 Å². The van der Waals surface area contributed by atoms with Gasteiger partial charge in [-0.1, -0.05) is 18.2 Å². The van der Waals surface area contributed by atoms with Crippen molar-refractivity contribution >= 4 is 17.7 Å². The average molecular weight is 411 g/mol. The van der Waals surface area contributed by atoms with Crippen molar-refractivity contribution in [3.8, 4) is 5.75 Å². The molecule has 1 aromatic carbocycles. The molecular formula is C21H21N3O6. The Morgan fingerprint density at radius 3 is 2.67 bits per heavy atom. The highest BCUT2D eigenvalue weighted by Crippen LogP contribution is 2.57. The fourth-order valence-corrected chi connectivity index (χ4v) is 4.99. The van der Waals surface area contributed by atoms with E-state index >= 15 is 0 Å². The molecule has 9 nitrogen and oxygen atoms in total. The van der Waals surface area contributed by atoms with Gasteiger partial charge in [-0.2, -0.15) is 0 Å². The molecule has 0 spiro atoms. The molecule has 1 aromatic rings. The largest absolute Gasteiger partial charge is 0.513 e. The lowest BCUT2D eigenvalue weighted by atomic mass is 9.83. The number of allylic oxidation sites excluding steroid dienone is 2. The van der Waals surface area contributed by atoms with Crippen LogP contribution < -0.4 is 10.5 Å². The van der Waals surface area contributed by atoms with E-state index < -0.39 is 23.6 Å². The van der Waals surface area contributed by atoms with Gasteiger partial charge >= 0.3 is 6.16 Å². The summed E-state index contributed by atoms with van der Waals surface area (Å²) in [5, 5.41) is 11.7. The minimum atomic E-state index is -1.53. The lowest BCUT2D eigenvalue weighted by molar-refractivity contribution is -0.127. The third-order valence-electron chi connectivity index (χ3n) is 6.62. The van der Waals surface area contributed by atoms with Crippen LogP contribution in [0, 0.1) is 5.92 Å². The zero-order chi connectivity index (χ0) is 21.4. The van der Waals surface area contributed by atoms with Crippen molar-refractivity contribution in [3.63, 3.8) is 0 Å². The maximum absolute atomic E-state index is 13.0. The van der Waals surface area contributed by atoms with Gasteiger partial charge in [0.2, 0.25) is 11.6 Å². The van der Waals surface area contributed by atoms with E-state index in [0.29, 0.717) is 12.3 Å². The summed E-state index contributed by atoms with van der Waals surface area (Å²) in [7, 11) is 1.87. The molecule has 0 bridgehead atoms. The SMILES string of the molecule is CC1=C(N)C(=O)C2=C(C1=O)N1C[C@@H]3[C@H](N3C)[C@]1(O)[C@@H]2COC(=O)Oc1ccccc1. The number of piperazine rings is 1. The van der Waals surface area contributed by atoms with Crippen molar-refractivity contribution in [2.45, 2.75) is 24.7 Å². The summed E-state index contributed by atoms with van der Waals surface area (Å²) in [5.74, 6) is -1.49. The van der Waals surface area contributed by atoms with Crippen molar-refractivity contribution < 1.29 is 29.0 Å². The molecular weight excluding hydrogens is 390 g/mol. The van der Waals surface area contributed by atoms with Crippen LogP contribution in [-0.4, -0.2) is 70.6 Å². The van der Waals surface area contributed by atoms with Crippen LogP contribution in [0.5, 0.6) is 5.75 Å². The summed E-state index contributed by atoms with van der Waals surface area (Å²) in [6, 6.07) is 8.20. The molecule has 3 aliphatic heterocycles. The van der Waals surface area contributed by atoms with E-state index in [1.807, 2.05) is 11.9 Å². The summed E-state index contributed by atoms with van der Waals surface area (Å²) in [5.41, 5.74) is 4.66. The van der Waals surface area contributed by atoms with E-state index in [1.54, 1.807) is 35.2 Å². The molecule has 1 aliphatic carbocycles. The Morgan fingerprint density at radius 2 is 1.97 bits per heavy atom. The number of carbonyl (C=O) groups is 3. The van der Waals surface area contributed by atoms with Crippen LogP contribution in [0.2, 0.25) is 0 Å². The van der Waals surface area contributed by atoms with Crippen molar-refractivity contribution in [1.82, 2.24) is 9.80 Å². The molecule has 3 N–H and O–H groups in total. The number of hydrogen-bond acceptors (Lipinski definition) is 9. The predicted octanol–water partition coefficient (Wildman–Crippen LogP) is 0.157. The minimum Gasteiger partial charge on any atom is -0.433 e. The second-order valence-electron chi connectivity index (χ2n) is 8.06. The van der Waals surface area contributed by atoms with Gasteiger partial charge in [0.05, 0.1) is 23.4 Å². The summed E-state index contributed by atoms with van der Waals surface area (Å²) in [6.07, 6.45) is -0.960. The molecule has 3 heterocycles. The Bertz CT molecular complexity index is 1050. The van der Waals surface area contributed by atoms with E-state index in [0.717, 1.165) is 0 Å². The first-order chi connectivity index (χ1) is 14.3. The molecule has 2 saturated heterocycles. The van der Waals surface area contributed by atoms with Crippen molar-refractivity contribution in [2.24, 2.45) is 11.7 Å². The zero-order valence-electron chi connectivity index (χ0n) is 16.5. The Hall–Kier alpha value is -3.17. The van der Waals surface area contributed by atoms with Gasteiger partial charge in [0.1, 0.15) is 12.4 Å². The molecule has 0 amide bonds. The van der Waals surface area contributed by atoms with E-state index in [9.17, 15) is 19.5 Å². The first kappa shape index (κ1) is 18.8. The number of nitrogens with zero attached hydrogens (tertiary/aromatic N) is 2. The quantitative estimate of drug-likeness (QED) is 0.310. The van der Waals surface area contributed by atoms with Crippen LogP contribution in [0.3, 0.4) is 0 Å². The number of rotatable bonds is 3. The van der Waals surface area contributed by atoms with Crippen LogP contribution in [0.15, 0.2) is 52.9 Å². The molecule has 4 aliphatic rings. The van der Waals surface area contributed by atoms with Gasteiger partial charge in [0.15, 0.2) is 5.72 Å². The number of Topliss-reactive ketones (excluding diaryl/α,β-unsaturated/α-hetero) is 2. The maximum Gasteiger partial charge on any atom is 0.513 e. The average Bonchev–Trinajstić information content (AvgIpc) is 3.14. The van der Waals surface area contributed by atoms with Crippen LogP contribution in [0.25, 0.3) is 0 Å². The van der Waals surface area contributed by atoms with Crippen molar-refractivity contribution in [2.75, 3.05) is 20.2 Å². The lowest BCUT2D eigenvalue weighted by Gasteiger charge is -2.37. The lowest BCUT2D eigenvalue weighted by Crippen LogP contribution is -2.53. The van der Waals surface area contributed by atoms with E-state index in [-0.39, 0.29) is 47.0 Å². The van der Waals surface area contributed by atoms with E-state index in [4.69, 9.17) is 15.2 Å². The monoisotopic (exact) mass is 411 g/mol. The van der Waals surface area contributed by atoms with Crippen LogP contribution in [0.1, 0.15) is 6.92 Å². The fourth-order valence-electron chi connectivity index (χ4n) is 4.99. The number of likely N-dealkylation sites (N-methyl/N-ethyl adjacent to an activating group) is 1. The molecule has 0 saturated carbocycles. The molecule has 2 fully saturated rings. The highest BCUT2D eigenvalue weighted by Gasteiger charge is 2.74. The van der Waals surface area contributed by atoms with E-state index in [1.165, 1.54) is 6.92 Å². The van der Waals surface area contributed by atoms with Gasteiger partial charge in [0, 0.05) is 23.7 Å². The molecule has 0 radical (unpaired) electrons. The Balaban J connectivity index is 1.45. The Morgan fingerprint density at radius 1 is 1.27 bits per heavy atom. The number of hydrogen-bond donors (Lipinski definition) is 2. The van der Waals surface area contributed by atoms with Crippen molar-refractivity contribution in [3.05, 3.63) is 52.9 Å². The smallest absolute Gasteiger partial charge is 0.433 e. The summed E-state index contributed by atoms with van der Waals surface area (Å²) < 4.78 is 10.4. The van der Waals surface area contributed by atoms with Crippen LogP contribution in [-0.2, 0) is 14.3 Å². The predicted molar refractivity (Wildman–Crippen MR) is 103 cm³/mol. The second-order valence-corrected chi connectivity index (χ2v) is 8.06. The molecule has 5 atom stereocenters. The molecule has 5 rings (SSSR count). The number of benzene rings is 1. The topological polar surface area (TPSA) is 122 Å². The Kier molecular flexibility index (Phi) is 3.87. The van der Waals surface area contributed by atoms with Gasteiger partial charge in [-0.05, 0) is 26.1 Å². The van der Waals surface area contributed by atoms with Gasteiger partial charge < -0.3 is 25.2 Å². The molecule has 0 aromatic heterocycles.